The van der Waals surface area contributed by atoms with Crippen LogP contribution in [0.25, 0.3) is 9.69 Å². The van der Waals surface area contributed by atoms with E-state index in [1.54, 1.807) is 0 Å². The van der Waals surface area contributed by atoms with Crippen LogP contribution in [0.15, 0.2) is 33.2 Å². The maximum absolute atomic E-state index is 14.4. The first kappa shape index (κ1) is 48.5. The van der Waals surface area contributed by atoms with Crippen LogP contribution in [0.4, 0.5) is 59.2 Å². The first-order chi connectivity index (χ1) is 23.8. The monoisotopic (exact) mass is 919 g/mol. The summed E-state index contributed by atoms with van der Waals surface area (Å²) in [4.78, 5) is 24.8. The summed E-state index contributed by atoms with van der Waals surface area (Å²) >= 11 is 17.6. The first-order valence-electron chi connectivity index (χ1n) is 12.4. The summed E-state index contributed by atoms with van der Waals surface area (Å²) in [5, 5.41) is 38.3. The Morgan fingerprint density at radius 1 is 0.698 bits per heavy atom. The van der Waals surface area contributed by atoms with E-state index in [-0.39, 0.29) is 66.5 Å². The molecule has 4 aromatic rings. The van der Waals surface area contributed by atoms with Crippen molar-refractivity contribution in [1.29, 1.82) is 10.5 Å². The van der Waals surface area contributed by atoms with Gasteiger partial charge in [-0.05, 0) is 21.5 Å². The van der Waals surface area contributed by atoms with Crippen LogP contribution in [0.3, 0.4) is 0 Å². The zero-order valence-electron chi connectivity index (χ0n) is 25.5. The fraction of sp³-hybridized carbons (Fsp3) is 0.0345. The van der Waals surface area contributed by atoms with Gasteiger partial charge in [0.2, 0.25) is 0 Å². The molecule has 0 spiro atoms. The van der Waals surface area contributed by atoms with Crippen molar-refractivity contribution in [2.75, 3.05) is 5.73 Å². The van der Waals surface area contributed by atoms with Crippen LogP contribution in [0.2, 0.25) is 10.0 Å². The SMILES string of the molecule is Nc1c(Cl)cc([N+](=O)[O-])cc1Br.[C-]#[N+]c1c(F)c(F)c(C#N)c(Cc2c(Cl)cc([N+](=O)[O-])cc2Br)c1F.[C-]#[N+]c1c(F)c(F)c(C#N)c(F)c1F.[Na+].[OH-]. The number of halogens is 11. The summed E-state index contributed by atoms with van der Waals surface area (Å²) in [6, 6.07) is 6.94. The molecule has 0 radical (unpaired) electrons. The quantitative estimate of drug-likeness (QED) is 0.0412. The Balaban J connectivity index is 0.000000822. The van der Waals surface area contributed by atoms with Crippen LogP contribution >= 0.6 is 55.1 Å². The third kappa shape index (κ3) is 10.8. The zero-order valence-corrected chi connectivity index (χ0v) is 32.2. The second-order valence-electron chi connectivity index (χ2n) is 8.97. The molecule has 0 unspecified atom stereocenters. The molecule has 0 fully saturated rings. The maximum atomic E-state index is 14.4. The third-order valence-electron chi connectivity index (χ3n) is 6.05. The number of nitrogens with zero attached hydrogens (tertiary/aromatic N) is 6. The molecule has 0 amide bonds. The van der Waals surface area contributed by atoms with Crippen LogP contribution in [-0.4, -0.2) is 15.3 Å². The van der Waals surface area contributed by atoms with Gasteiger partial charge in [-0.25, -0.2) is 40.4 Å². The summed E-state index contributed by atoms with van der Waals surface area (Å²) in [5.41, 5.74) is 0.0479. The number of hydrogen-bond acceptors (Lipinski definition) is 8. The number of anilines is 1. The number of hydrogen-bond donors (Lipinski definition) is 1. The van der Waals surface area contributed by atoms with Crippen molar-refractivity contribution >= 4 is 83.5 Å². The number of nitriles is 2. The van der Waals surface area contributed by atoms with Gasteiger partial charge in [0.25, 0.3) is 22.7 Å². The molecule has 0 heterocycles. The molecule has 0 aromatic heterocycles. The Morgan fingerprint density at radius 3 is 1.43 bits per heavy atom. The first-order valence-corrected chi connectivity index (χ1v) is 14.7. The third-order valence-corrected chi connectivity index (χ3v) is 8.06. The van der Waals surface area contributed by atoms with Gasteiger partial charge in [-0.2, -0.15) is 10.5 Å². The molecule has 12 nitrogen and oxygen atoms in total. The van der Waals surface area contributed by atoms with Crippen molar-refractivity contribution in [3.63, 3.8) is 0 Å². The molecule has 0 saturated heterocycles. The van der Waals surface area contributed by atoms with Gasteiger partial charge in [0.15, 0.2) is 34.9 Å². The van der Waals surface area contributed by atoms with Gasteiger partial charge in [0.1, 0.15) is 23.5 Å². The maximum Gasteiger partial charge on any atom is 1.00 e. The molecule has 4 rings (SSSR count). The standard InChI is InChI=1S/C15H4BrClF3N3O2.C8F4N2.C6H4BrClN2O2.Na.H2O/c1-22-15-13(19)7(9(5-21)12(18)14(15)20)4-8-10(16)2-6(23(24)25)3-11(8)17;1-14-8-6(11)4(9)3(2-13)5(10)7(8)12;7-4-1-3(10(11)12)2-5(8)6(4)9;;/h2-3H,4H2;;1-2H,9H2;;1H2/q;;;+1;/p-1. The van der Waals surface area contributed by atoms with Crippen LogP contribution in [0, 0.1) is 96.8 Å². The van der Waals surface area contributed by atoms with Crippen LogP contribution in [0.1, 0.15) is 22.3 Å². The van der Waals surface area contributed by atoms with Gasteiger partial charge in [-0.1, -0.05) is 39.1 Å². The molecular weight excluding hydrogens is 913 g/mol. The van der Waals surface area contributed by atoms with Crippen LogP contribution < -0.4 is 35.3 Å². The van der Waals surface area contributed by atoms with Gasteiger partial charge >= 0.3 is 29.6 Å². The van der Waals surface area contributed by atoms with Crippen molar-refractivity contribution in [3.05, 3.63) is 149 Å². The number of non-ortho nitro benzene ring substituents is 2. The molecule has 3 N–H and O–H groups in total. The molecule has 53 heavy (non-hydrogen) atoms. The average Bonchev–Trinajstić information content (AvgIpc) is 3.07. The van der Waals surface area contributed by atoms with E-state index in [1.807, 2.05) is 0 Å². The number of rotatable bonds is 4. The summed E-state index contributed by atoms with van der Waals surface area (Å²) in [6.07, 6.45) is -0.480. The van der Waals surface area contributed by atoms with Crippen LogP contribution in [0.5, 0.6) is 0 Å². The topological polar surface area (TPSA) is 199 Å². The molecule has 0 bridgehead atoms. The molecule has 0 saturated carbocycles. The van der Waals surface area contributed by atoms with E-state index in [2.05, 4.69) is 41.5 Å². The Morgan fingerprint density at radius 2 is 1.08 bits per heavy atom. The summed E-state index contributed by atoms with van der Waals surface area (Å²) < 4.78 is 93.5. The largest absolute Gasteiger partial charge is 1.00 e. The second-order valence-corrected chi connectivity index (χ2v) is 11.5. The average molecular weight is 922 g/mol. The van der Waals surface area contributed by atoms with E-state index >= 15 is 0 Å². The number of nitro groups is 2. The van der Waals surface area contributed by atoms with E-state index in [4.69, 9.17) is 52.6 Å². The van der Waals surface area contributed by atoms with Gasteiger partial charge in [0, 0.05) is 45.2 Å². The number of nitro benzene ring substituents is 2. The summed E-state index contributed by atoms with van der Waals surface area (Å²) in [5.74, 6) is -12.2. The van der Waals surface area contributed by atoms with Gasteiger partial charge < -0.3 is 11.2 Å². The molecule has 268 valence electrons. The minimum Gasteiger partial charge on any atom is -0.870 e. The number of nitrogens with two attached hydrogens (primary N) is 1. The Hall–Kier alpha value is -4.55. The predicted octanol–water partition coefficient (Wildman–Crippen LogP) is 7.53. The van der Waals surface area contributed by atoms with Gasteiger partial charge in [0.05, 0.1) is 44.3 Å². The fourth-order valence-electron chi connectivity index (χ4n) is 3.61. The number of benzene rings is 4. The van der Waals surface area contributed by atoms with Crippen molar-refractivity contribution in [2.24, 2.45) is 0 Å². The zero-order chi connectivity index (χ0) is 39.1. The van der Waals surface area contributed by atoms with Crippen molar-refractivity contribution in [1.82, 2.24) is 0 Å². The van der Waals surface area contributed by atoms with Crippen LogP contribution in [-0.2, 0) is 6.42 Å². The Labute approximate surface area is 340 Å². The van der Waals surface area contributed by atoms with E-state index in [0.717, 1.165) is 18.2 Å². The van der Waals surface area contributed by atoms with Crippen molar-refractivity contribution in [2.45, 2.75) is 6.42 Å². The van der Waals surface area contributed by atoms with Gasteiger partial charge in [-0.3, -0.25) is 20.2 Å². The summed E-state index contributed by atoms with van der Waals surface area (Å²) in [6.45, 7) is 13.0. The molecule has 4 aromatic carbocycles. The number of nitrogen functional groups attached to an aromatic ring is 1. The van der Waals surface area contributed by atoms with Crippen molar-refractivity contribution in [3.8, 4) is 12.1 Å². The van der Waals surface area contributed by atoms with E-state index in [9.17, 15) is 51.0 Å². The Kier molecular flexibility index (Phi) is 18.9. The molecular formula is C29H9Br2Cl2F7N7NaO5. The molecule has 0 aliphatic heterocycles. The normalized spacial score (nSPS) is 9.49. The minimum absolute atomic E-state index is 0. The molecule has 24 heteroatoms. The minimum atomic E-state index is -1.85. The summed E-state index contributed by atoms with van der Waals surface area (Å²) in [7, 11) is 0. The van der Waals surface area contributed by atoms with Gasteiger partial charge in [-0.15, -0.1) is 0 Å². The van der Waals surface area contributed by atoms with E-state index in [0.29, 0.717) is 10.2 Å². The second kappa shape index (κ2) is 20.6. The molecule has 0 atom stereocenters. The van der Waals surface area contributed by atoms with Crippen molar-refractivity contribution < 1.29 is 75.6 Å². The fourth-order valence-corrected chi connectivity index (χ4v) is 5.37. The smallest absolute Gasteiger partial charge is 0.870 e. The van der Waals surface area contributed by atoms with E-state index < -0.39 is 85.1 Å². The Bertz CT molecular complexity index is 2200. The van der Waals surface area contributed by atoms with E-state index in [1.165, 1.54) is 18.2 Å². The molecule has 0 aliphatic rings. The predicted molar refractivity (Wildman–Crippen MR) is 175 cm³/mol. The molecule has 0 aliphatic carbocycles.